The van der Waals surface area contributed by atoms with Crippen molar-refractivity contribution in [2.24, 2.45) is 5.92 Å². The summed E-state index contributed by atoms with van der Waals surface area (Å²) in [5, 5.41) is 9.21. The molecule has 0 atom stereocenters. The molecule has 0 spiro atoms. The number of halogens is 1. The molecule has 8 heteroatoms. The van der Waals surface area contributed by atoms with Gasteiger partial charge in [0.1, 0.15) is 11.9 Å². The Hall–Kier alpha value is -1.36. The number of nitrogens with zero attached hydrogens (tertiary/aromatic N) is 4. The standard InChI is InChI=1S/C16H21ClN4O2S/c1-20(24(22,23)14-2-3-14)11-12-4-6-21(7-5-12)16-15(17)8-13(9-18)10-19-16/h8,10,12,14H,2-7,11H2,1H3. The average molecular weight is 369 g/mol. The Morgan fingerprint density at radius 3 is 2.58 bits per heavy atom. The molecule has 0 aromatic carbocycles. The highest BCUT2D eigenvalue weighted by molar-refractivity contribution is 7.90. The Balaban J connectivity index is 1.57. The monoisotopic (exact) mass is 368 g/mol. The lowest BCUT2D eigenvalue weighted by atomic mass is 9.97. The van der Waals surface area contributed by atoms with Gasteiger partial charge in [0.05, 0.1) is 15.8 Å². The van der Waals surface area contributed by atoms with Gasteiger partial charge in [0.15, 0.2) is 0 Å². The smallest absolute Gasteiger partial charge is 0.216 e. The molecule has 2 aliphatic rings. The molecule has 1 aromatic heterocycles. The highest BCUT2D eigenvalue weighted by Gasteiger charge is 2.39. The Morgan fingerprint density at radius 2 is 2.04 bits per heavy atom. The fourth-order valence-corrected chi connectivity index (χ4v) is 5.08. The minimum absolute atomic E-state index is 0.149. The number of anilines is 1. The Morgan fingerprint density at radius 1 is 1.38 bits per heavy atom. The molecular formula is C16H21ClN4O2S. The van der Waals surface area contributed by atoms with E-state index in [9.17, 15) is 8.42 Å². The van der Waals surface area contributed by atoms with Crippen LogP contribution in [-0.4, -0.2) is 49.6 Å². The second-order valence-electron chi connectivity index (χ2n) is 6.60. The van der Waals surface area contributed by atoms with Crippen LogP contribution in [0, 0.1) is 17.2 Å². The number of rotatable bonds is 5. The van der Waals surface area contributed by atoms with Crippen LogP contribution in [-0.2, 0) is 10.0 Å². The van der Waals surface area contributed by atoms with Crippen LogP contribution in [0.15, 0.2) is 12.3 Å². The van der Waals surface area contributed by atoms with Gasteiger partial charge in [-0.05, 0) is 37.7 Å². The van der Waals surface area contributed by atoms with Gasteiger partial charge in [-0.25, -0.2) is 17.7 Å². The molecule has 24 heavy (non-hydrogen) atoms. The zero-order valence-electron chi connectivity index (χ0n) is 13.7. The molecule has 0 amide bonds. The van der Waals surface area contributed by atoms with Crippen molar-refractivity contribution in [3.63, 3.8) is 0 Å². The van der Waals surface area contributed by atoms with Crippen LogP contribution in [0.4, 0.5) is 5.82 Å². The molecule has 0 radical (unpaired) electrons. The molecule has 1 saturated carbocycles. The lowest BCUT2D eigenvalue weighted by molar-refractivity contribution is 0.327. The van der Waals surface area contributed by atoms with Crippen molar-refractivity contribution in [1.29, 1.82) is 5.26 Å². The number of hydrogen-bond donors (Lipinski definition) is 0. The number of nitriles is 1. The van der Waals surface area contributed by atoms with Crippen LogP contribution in [0.2, 0.25) is 5.02 Å². The minimum Gasteiger partial charge on any atom is -0.355 e. The van der Waals surface area contributed by atoms with E-state index < -0.39 is 10.0 Å². The quantitative estimate of drug-likeness (QED) is 0.796. The first-order chi connectivity index (χ1) is 11.4. The zero-order valence-corrected chi connectivity index (χ0v) is 15.2. The van der Waals surface area contributed by atoms with Crippen molar-refractivity contribution in [3.8, 4) is 6.07 Å². The molecule has 1 saturated heterocycles. The average Bonchev–Trinajstić information content (AvgIpc) is 3.41. The van der Waals surface area contributed by atoms with Crippen molar-refractivity contribution in [2.45, 2.75) is 30.9 Å². The number of aromatic nitrogens is 1. The molecule has 0 bridgehead atoms. The molecule has 1 aliphatic heterocycles. The van der Waals surface area contributed by atoms with Gasteiger partial charge < -0.3 is 4.90 Å². The van der Waals surface area contributed by atoms with E-state index in [1.165, 1.54) is 10.5 Å². The molecule has 2 fully saturated rings. The normalized spacial score (nSPS) is 19.5. The third kappa shape index (κ3) is 3.66. The fourth-order valence-electron chi connectivity index (χ4n) is 3.14. The third-order valence-corrected chi connectivity index (χ3v) is 7.37. The molecule has 1 aromatic rings. The number of hydrogen-bond acceptors (Lipinski definition) is 5. The maximum absolute atomic E-state index is 12.2. The summed E-state index contributed by atoms with van der Waals surface area (Å²) in [6.45, 7) is 2.17. The predicted octanol–water partition coefficient (Wildman–Crippen LogP) is 2.25. The van der Waals surface area contributed by atoms with E-state index in [1.807, 2.05) is 6.07 Å². The van der Waals surface area contributed by atoms with Gasteiger partial charge in [-0.1, -0.05) is 11.6 Å². The van der Waals surface area contributed by atoms with E-state index >= 15 is 0 Å². The summed E-state index contributed by atoms with van der Waals surface area (Å²) in [7, 11) is -1.40. The molecule has 6 nitrogen and oxygen atoms in total. The highest BCUT2D eigenvalue weighted by Crippen LogP contribution is 2.32. The minimum atomic E-state index is -3.09. The van der Waals surface area contributed by atoms with E-state index in [0.29, 0.717) is 28.9 Å². The Kier molecular flexibility index (Phi) is 5.00. The Bertz CT molecular complexity index is 750. The second kappa shape index (κ2) is 6.87. The van der Waals surface area contributed by atoms with Crippen molar-refractivity contribution in [1.82, 2.24) is 9.29 Å². The molecule has 0 N–H and O–H groups in total. The first-order valence-electron chi connectivity index (χ1n) is 8.17. The van der Waals surface area contributed by atoms with E-state index in [0.717, 1.165) is 38.8 Å². The van der Waals surface area contributed by atoms with E-state index in [1.54, 1.807) is 13.1 Å². The van der Waals surface area contributed by atoms with Gasteiger partial charge in [0, 0.05) is 32.9 Å². The molecule has 0 unspecified atom stereocenters. The van der Waals surface area contributed by atoms with E-state index in [4.69, 9.17) is 16.9 Å². The van der Waals surface area contributed by atoms with Gasteiger partial charge in [-0.3, -0.25) is 0 Å². The topological polar surface area (TPSA) is 77.3 Å². The summed E-state index contributed by atoms with van der Waals surface area (Å²) in [6.07, 6.45) is 4.94. The lowest BCUT2D eigenvalue weighted by Gasteiger charge is -2.34. The second-order valence-corrected chi connectivity index (χ2v) is 9.32. The summed E-state index contributed by atoms with van der Waals surface area (Å²) < 4.78 is 26.0. The van der Waals surface area contributed by atoms with Gasteiger partial charge in [-0.2, -0.15) is 5.26 Å². The first-order valence-corrected chi connectivity index (χ1v) is 10.1. The van der Waals surface area contributed by atoms with Crippen LogP contribution < -0.4 is 4.90 Å². The van der Waals surface area contributed by atoms with Crippen LogP contribution >= 0.6 is 11.6 Å². The number of pyridine rings is 1. The summed E-state index contributed by atoms with van der Waals surface area (Å²) >= 11 is 6.22. The molecule has 3 rings (SSSR count). The van der Waals surface area contributed by atoms with Crippen molar-refractivity contribution in [3.05, 3.63) is 22.8 Å². The number of piperidine rings is 1. The van der Waals surface area contributed by atoms with Crippen LogP contribution in [0.25, 0.3) is 0 Å². The third-order valence-electron chi connectivity index (χ3n) is 4.76. The highest BCUT2D eigenvalue weighted by atomic mass is 35.5. The summed E-state index contributed by atoms with van der Waals surface area (Å²) in [5.41, 5.74) is 0.450. The summed E-state index contributed by atoms with van der Waals surface area (Å²) in [4.78, 5) is 6.40. The van der Waals surface area contributed by atoms with E-state index in [2.05, 4.69) is 9.88 Å². The van der Waals surface area contributed by atoms with Gasteiger partial charge >= 0.3 is 0 Å². The number of sulfonamides is 1. The van der Waals surface area contributed by atoms with Crippen molar-refractivity contribution < 1.29 is 8.42 Å². The maximum Gasteiger partial charge on any atom is 0.216 e. The largest absolute Gasteiger partial charge is 0.355 e. The Labute approximate surface area is 148 Å². The van der Waals surface area contributed by atoms with Crippen molar-refractivity contribution >= 4 is 27.4 Å². The molecule has 2 heterocycles. The van der Waals surface area contributed by atoms with Crippen molar-refractivity contribution in [2.75, 3.05) is 31.6 Å². The molecule has 1 aliphatic carbocycles. The lowest BCUT2D eigenvalue weighted by Crippen LogP contribution is -2.40. The SMILES string of the molecule is CN(CC1CCN(c2ncc(C#N)cc2Cl)CC1)S(=O)(=O)C1CC1. The van der Waals surface area contributed by atoms with Crippen LogP contribution in [0.5, 0.6) is 0 Å². The van der Waals surface area contributed by atoms with Gasteiger partial charge in [0.25, 0.3) is 0 Å². The summed E-state index contributed by atoms with van der Waals surface area (Å²) in [6, 6.07) is 3.66. The van der Waals surface area contributed by atoms with Gasteiger partial charge in [0.2, 0.25) is 10.0 Å². The summed E-state index contributed by atoms with van der Waals surface area (Å²) in [5.74, 6) is 1.06. The molecule has 130 valence electrons. The van der Waals surface area contributed by atoms with Crippen LogP contribution in [0.3, 0.4) is 0 Å². The fraction of sp³-hybridized carbons (Fsp3) is 0.625. The van der Waals surface area contributed by atoms with Gasteiger partial charge in [-0.15, -0.1) is 0 Å². The zero-order chi connectivity index (χ0) is 17.3. The predicted molar refractivity (Wildman–Crippen MR) is 93.5 cm³/mol. The first kappa shape index (κ1) is 17.5. The molecular weight excluding hydrogens is 348 g/mol. The van der Waals surface area contributed by atoms with E-state index in [-0.39, 0.29) is 5.25 Å². The maximum atomic E-state index is 12.2. The van der Waals surface area contributed by atoms with Crippen LogP contribution in [0.1, 0.15) is 31.2 Å².